The molecule has 0 aliphatic carbocycles. The van der Waals surface area contributed by atoms with E-state index in [1.807, 2.05) is 6.07 Å². The Hall–Kier alpha value is -0.740. The number of esters is 1. The minimum Gasteiger partial charge on any atom is -0.464 e. The molecule has 0 aliphatic rings. The SMILES string of the molecule is CCOC(=O)C(C)(C)Nc1ccc(Cl)s1. The fourth-order valence-corrected chi connectivity index (χ4v) is 2.15. The zero-order chi connectivity index (χ0) is 11.5. The van der Waals surface area contributed by atoms with Crippen LogP contribution in [0.1, 0.15) is 20.8 Å². The fraction of sp³-hybridized carbons (Fsp3) is 0.500. The van der Waals surface area contributed by atoms with Gasteiger partial charge < -0.3 is 10.1 Å². The van der Waals surface area contributed by atoms with Crippen molar-refractivity contribution in [3.05, 3.63) is 16.5 Å². The third-order valence-electron chi connectivity index (χ3n) is 1.79. The van der Waals surface area contributed by atoms with Gasteiger partial charge in [0.05, 0.1) is 15.9 Å². The highest BCUT2D eigenvalue weighted by Crippen LogP contribution is 2.28. The van der Waals surface area contributed by atoms with Gasteiger partial charge in [0.2, 0.25) is 0 Å². The normalized spacial score (nSPS) is 11.2. The van der Waals surface area contributed by atoms with Gasteiger partial charge in [-0.25, -0.2) is 4.79 Å². The Morgan fingerprint density at radius 2 is 2.27 bits per heavy atom. The van der Waals surface area contributed by atoms with Crippen molar-refractivity contribution < 1.29 is 9.53 Å². The van der Waals surface area contributed by atoms with Crippen LogP contribution in [0.2, 0.25) is 4.34 Å². The van der Waals surface area contributed by atoms with Gasteiger partial charge in [-0.15, -0.1) is 11.3 Å². The van der Waals surface area contributed by atoms with Crippen molar-refractivity contribution in [2.75, 3.05) is 11.9 Å². The van der Waals surface area contributed by atoms with E-state index < -0.39 is 5.54 Å². The van der Waals surface area contributed by atoms with Gasteiger partial charge in [0, 0.05) is 0 Å². The zero-order valence-corrected chi connectivity index (χ0v) is 10.5. The predicted octanol–water partition coefficient (Wildman–Crippen LogP) is 3.16. The molecule has 3 nitrogen and oxygen atoms in total. The van der Waals surface area contributed by atoms with Crippen molar-refractivity contribution in [3.8, 4) is 0 Å². The summed E-state index contributed by atoms with van der Waals surface area (Å²) in [6, 6.07) is 3.63. The highest BCUT2D eigenvalue weighted by Gasteiger charge is 2.29. The molecule has 5 heteroatoms. The topological polar surface area (TPSA) is 38.3 Å². The molecule has 1 aromatic rings. The van der Waals surface area contributed by atoms with E-state index in [-0.39, 0.29) is 5.97 Å². The molecule has 0 unspecified atom stereocenters. The molecule has 1 rings (SSSR count). The maximum absolute atomic E-state index is 11.6. The smallest absolute Gasteiger partial charge is 0.331 e. The van der Waals surface area contributed by atoms with Crippen LogP contribution < -0.4 is 5.32 Å². The molecule has 0 radical (unpaired) electrons. The summed E-state index contributed by atoms with van der Waals surface area (Å²) in [5.41, 5.74) is -0.732. The van der Waals surface area contributed by atoms with Crippen molar-refractivity contribution in [3.63, 3.8) is 0 Å². The van der Waals surface area contributed by atoms with Gasteiger partial charge in [0.25, 0.3) is 0 Å². The Morgan fingerprint density at radius 3 is 2.73 bits per heavy atom. The van der Waals surface area contributed by atoms with E-state index in [1.165, 1.54) is 11.3 Å². The lowest BCUT2D eigenvalue weighted by Gasteiger charge is -2.23. The average Bonchev–Trinajstić information content (AvgIpc) is 2.50. The minimum absolute atomic E-state index is 0.269. The predicted molar refractivity (Wildman–Crippen MR) is 63.7 cm³/mol. The summed E-state index contributed by atoms with van der Waals surface area (Å²) in [7, 11) is 0. The maximum atomic E-state index is 11.6. The Labute approximate surface area is 98.4 Å². The number of hydrogen-bond acceptors (Lipinski definition) is 4. The summed E-state index contributed by atoms with van der Waals surface area (Å²) in [4.78, 5) is 11.6. The lowest BCUT2D eigenvalue weighted by molar-refractivity contribution is -0.147. The molecule has 1 aromatic heterocycles. The van der Waals surface area contributed by atoms with E-state index in [0.717, 1.165) is 5.00 Å². The number of nitrogens with one attached hydrogen (secondary N) is 1. The molecule has 0 aromatic carbocycles. The van der Waals surface area contributed by atoms with Crippen LogP contribution in [0, 0.1) is 0 Å². The van der Waals surface area contributed by atoms with Crippen molar-refractivity contribution in [2.24, 2.45) is 0 Å². The number of hydrogen-bond donors (Lipinski definition) is 1. The molecule has 0 bridgehead atoms. The summed E-state index contributed by atoms with van der Waals surface area (Å²) in [6.45, 7) is 5.72. The molecule has 84 valence electrons. The molecule has 0 fully saturated rings. The first-order valence-corrected chi connectivity index (χ1v) is 5.86. The van der Waals surface area contributed by atoms with Crippen LogP contribution in [-0.4, -0.2) is 18.1 Å². The van der Waals surface area contributed by atoms with Gasteiger partial charge >= 0.3 is 5.97 Å². The fourth-order valence-electron chi connectivity index (χ4n) is 1.05. The van der Waals surface area contributed by atoms with E-state index in [2.05, 4.69) is 5.32 Å². The number of ether oxygens (including phenoxy) is 1. The monoisotopic (exact) mass is 247 g/mol. The van der Waals surface area contributed by atoms with Crippen molar-refractivity contribution in [1.82, 2.24) is 0 Å². The van der Waals surface area contributed by atoms with Crippen LogP contribution in [-0.2, 0) is 9.53 Å². The quantitative estimate of drug-likeness (QED) is 0.831. The molecule has 0 aliphatic heterocycles. The largest absolute Gasteiger partial charge is 0.464 e. The van der Waals surface area contributed by atoms with E-state index in [1.54, 1.807) is 26.8 Å². The maximum Gasteiger partial charge on any atom is 0.331 e. The van der Waals surface area contributed by atoms with E-state index in [0.29, 0.717) is 10.9 Å². The number of thiophene rings is 1. The lowest BCUT2D eigenvalue weighted by Crippen LogP contribution is -2.41. The molecule has 15 heavy (non-hydrogen) atoms. The number of carbonyl (C=O) groups is 1. The zero-order valence-electron chi connectivity index (χ0n) is 8.96. The highest BCUT2D eigenvalue weighted by atomic mass is 35.5. The summed E-state index contributed by atoms with van der Waals surface area (Å²) in [6.07, 6.45) is 0. The minimum atomic E-state index is -0.732. The number of halogens is 1. The van der Waals surface area contributed by atoms with Crippen LogP contribution in [0.4, 0.5) is 5.00 Å². The van der Waals surface area contributed by atoms with Crippen LogP contribution in [0.5, 0.6) is 0 Å². The molecular formula is C10H14ClNO2S. The molecule has 1 N–H and O–H groups in total. The van der Waals surface area contributed by atoms with Crippen molar-refractivity contribution >= 4 is 33.9 Å². The van der Waals surface area contributed by atoms with Crippen LogP contribution >= 0.6 is 22.9 Å². The Balaban J connectivity index is 2.67. The number of rotatable bonds is 4. The summed E-state index contributed by atoms with van der Waals surface area (Å²) in [5.74, 6) is -0.269. The second-order valence-electron chi connectivity index (χ2n) is 3.57. The van der Waals surface area contributed by atoms with E-state index >= 15 is 0 Å². The molecule has 0 saturated heterocycles. The first-order chi connectivity index (χ1) is 6.95. The number of carbonyl (C=O) groups excluding carboxylic acids is 1. The van der Waals surface area contributed by atoms with Gasteiger partial charge in [-0.1, -0.05) is 11.6 Å². The molecule has 0 atom stereocenters. The lowest BCUT2D eigenvalue weighted by atomic mass is 10.1. The van der Waals surface area contributed by atoms with E-state index in [4.69, 9.17) is 16.3 Å². The Kier molecular flexibility index (Phi) is 3.99. The van der Waals surface area contributed by atoms with Gasteiger partial charge in [-0.3, -0.25) is 0 Å². The number of anilines is 1. The van der Waals surface area contributed by atoms with Crippen molar-refractivity contribution in [1.29, 1.82) is 0 Å². The third-order valence-corrected chi connectivity index (χ3v) is 2.94. The van der Waals surface area contributed by atoms with Crippen LogP contribution in [0.3, 0.4) is 0 Å². The summed E-state index contributed by atoms with van der Waals surface area (Å²) < 4.78 is 5.65. The summed E-state index contributed by atoms with van der Waals surface area (Å²) in [5, 5.41) is 3.94. The molecule has 0 amide bonds. The van der Waals surface area contributed by atoms with Gasteiger partial charge in [-0.05, 0) is 32.9 Å². The first-order valence-electron chi connectivity index (χ1n) is 4.66. The Morgan fingerprint density at radius 1 is 1.60 bits per heavy atom. The molecule has 0 spiro atoms. The van der Waals surface area contributed by atoms with Gasteiger partial charge in [0.15, 0.2) is 0 Å². The van der Waals surface area contributed by atoms with Gasteiger partial charge in [0.1, 0.15) is 5.54 Å². The highest BCUT2D eigenvalue weighted by molar-refractivity contribution is 7.19. The second-order valence-corrected chi connectivity index (χ2v) is 5.29. The van der Waals surface area contributed by atoms with E-state index in [9.17, 15) is 4.79 Å². The molecule has 1 heterocycles. The van der Waals surface area contributed by atoms with Gasteiger partial charge in [-0.2, -0.15) is 0 Å². The summed E-state index contributed by atoms with van der Waals surface area (Å²) >= 11 is 7.19. The van der Waals surface area contributed by atoms with Crippen LogP contribution in [0.25, 0.3) is 0 Å². The standard InChI is InChI=1S/C10H14ClNO2S/c1-4-14-9(13)10(2,3)12-8-6-5-7(11)15-8/h5-6,12H,4H2,1-3H3. The first kappa shape index (κ1) is 12.3. The molecule has 0 saturated carbocycles. The van der Waals surface area contributed by atoms with Crippen molar-refractivity contribution in [2.45, 2.75) is 26.3 Å². The molecular weight excluding hydrogens is 234 g/mol. The Bertz CT molecular complexity index is 349. The average molecular weight is 248 g/mol. The third kappa shape index (κ3) is 3.39. The second kappa shape index (κ2) is 4.86. The van der Waals surface area contributed by atoms with Crippen LogP contribution in [0.15, 0.2) is 12.1 Å².